The number of aromatic carboxylic acids is 2. The third-order valence-electron chi connectivity index (χ3n) is 1.65. The summed E-state index contributed by atoms with van der Waals surface area (Å²) in [6.45, 7) is 0. The van der Waals surface area contributed by atoms with Crippen LogP contribution in [-0.4, -0.2) is 35.1 Å². The molecule has 0 aliphatic carbocycles. The Kier molecular flexibility index (Phi) is 4.91. The number of hydrogen-bond acceptors (Lipinski definition) is 4. The molecule has 86 valence electrons. The van der Waals surface area contributed by atoms with Crippen LogP contribution in [0.15, 0.2) is 17.0 Å². The predicted octanol–water partition coefficient (Wildman–Crippen LogP) is -2.87. The molecule has 9 heteroatoms. The van der Waals surface area contributed by atoms with Gasteiger partial charge in [0.1, 0.15) is 0 Å². The van der Waals surface area contributed by atoms with Crippen molar-refractivity contribution in [2.24, 2.45) is 0 Å². The van der Waals surface area contributed by atoms with Crippen molar-refractivity contribution in [1.82, 2.24) is 0 Å². The molecule has 0 aromatic heterocycles. The molecular weight excluding hydrogens is 247 g/mol. The van der Waals surface area contributed by atoms with Crippen molar-refractivity contribution in [1.29, 1.82) is 0 Å². The van der Waals surface area contributed by atoms with E-state index in [0.29, 0.717) is 0 Å². The Morgan fingerprint density at radius 1 is 1.18 bits per heavy atom. The van der Waals surface area contributed by atoms with Gasteiger partial charge in [-0.3, -0.25) is 4.55 Å². The molecule has 1 rings (SSSR count). The molecule has 3 N–H and O–H groups in total. The van der Waals surface area contributed by atoms with Gasteiger partial charge in [-0.1, -0.05) is 0 Å². The molecule has 0 bridgehead atoms. The molecule has 0 spiro atoms. The Labute approximate surface area is 108 Å². The van der Waals surface area contributed by atoms with Gasteiger partial charge in [-0.05, 0) is 11.1 Å². The van der Waals surface area contributed by atoms with Crippen LogP contribution in [0.25, 0.3) is 0 Å². The van der Waals surface area contributed by atoms with E-state index in [1.54, 1.807) is 0 Å². The fraction of sp³-hybridized carbons (Fsp3) is 0. The smallest absolute Gasteiger partial charge is 0.521 e. The van der Waals surface area contributed by atoms with E-state index in [-0.39, 0.29) is 18.9 Å². The monoisotopic (exact) mass is 252 g/mol. The van der Waals surface area contributed by atoms with E-state index in [9.17, 15) is 18.0 Å². The normalized spacial score (nSPS) is 10.4. The van der Waals surface area contributed by atoms with Crippen molar-refractivity contribution < 1.29 is 51.6 Å². The molecule has 0 aliphatic rings. The van der Waals surface area contributed by atoms with Crippen LogP contribution in [0.3, 0.4) is 0 Å². The summed E-state index contributed by atoms with van der Waals surface area (Å²) < 4.78 is 30.6. The third-order valence-corrected chi connectivity index (χ3v) is 2.59. The van der Waals surface area contributed by atoms with E-state index in [0.717, 1.165) is 12.1 Å². The Balaban J connectivity index is 0.00000256. The van der Waals surface area contributed by atoms with E-state index < -0.39 is 38.1 Å². The first-order chi connectivity index (χ1) is 7.25. The summed E-state index contributed by atoms with van der Waals surface area (Å²) in [5.41, 5.74) is -1.74. The zero-order valence-electron chi connectivity index (χ0n) is 8.54. The second kappa shape index (κ2) is 5.33. The second-order valence-electron chi connectivity index (χ2n) is 2.68. The third kappa shape index (κ3) is 3.31. The molecule has 0 heterocycles. The van der Waals surface area contributed by atoms with Gasteiger partial charge < -0.3 is 15.0 Å². The van der Waals surface area contributed by atoms with Crippen LogP contribution in [0.4, 0.5) is 0 Å². The van der Waals surface area contributed by atoms with Crippen LogP contribution in [0.1, 0.15) is 20.7 Å². The fourth-order valence-corrected chi connectivity index (χ4v) is 1.92. The minimum Gasteiger partial charge on any atom is -0.521 e. The Morgan fingerprint density at radius 2 is 1.71 bits per heavy atom. The minimum atomic E-state index is -4.95. The second-order valence-corrected chi connectivity index (χ2v) is 4.04. The maximum Gasteiger partial charge on any atom is 1.00 e. The van der Waals surface area contributed by atoms with Gasteiger partial charge in [0.2, 0.25) is 5.97 Å². The van der Waals surface area contributed by atoms with Crippen molar-refractivity contribution in [2.75, 3.05) is 0 Å². The maximum atomic E-state index is 10.9. The van der Waals surface area contributed by atoms with Gasteiger partial charge in [-0.2, -0.15) is 0 Å². The summed E-state index contributed by atoms with van der Waals surface area (Å²) in [6.07, 6.45) is 0. The molecule has 17 heavy (non-hydrogen) atoms. The zero-order chi connectivity index (χ0) is 12.5. The van der Waals surface area contributed by atoms with Gasteiger partial charge in [-0.25, -0.2) is 13.2 Å². The molecule has 0 fully saturated rings. The average molecular weight is 252 g/mol. The van der Waals surface area contributed by atoms with Crippen LogP contribution in [0, 0.1) is 6.07 Å². The SMILES string of the molecule is O=C(O)c1[c-]ccc(C(=O)O)c1S(=O)(=O)O.[Li+]. The molecule has 1 aromatic carbocycles. The minimum absolute atomic E-state index is 0. The van der Waals surface area contributed by atoms with Gasteiger partial charge in [0.05, 0.1) is 0 Å². The van der Waals surface area contributed by atoms with Crippen LogP contribution in [0.5, 0.6) is 0 Å². The number of hydrogen-bond donors (Lipinski definition) is 3. The molecule has 0 atom stereocenters. The molecule has 0 unspecified atom stereocenters. The van der Waals surface area contributed by atoms with Crippen molar-refractivity contribution in [3.63, 3.8) is 0 Å². The van der Waals surface area contributed by atoms with Crippen molar-refractivity contribution >= 4 is 22.1 Å². The molecule has 1 aromatic rings. The average Bonchev–Trinajstić information content (AvgIpc) is 2.15. The van der Waals surface area contributed by atoms with E-state index in [1.165, 1.54) is 0 Å². The van der Waals surface area contributed by atoms with Gasteiger partial charge in [0, 0.05) is 4.90 Å². The molecule has 7 nitrogen and oxygen atoms in total. The number of benzene rings is 1. The summed E-state index contributed by atoms with van der Waals surface area (Å²) in [4.78, 5) is 20.1. The van der Waals surface area contributed by atoms with Crippen molar-refractivity contribution in [3.05, 3.63) is 29.3 Å². The Morgan fingerprint density at radius 3 is 2.06 bits per heavy atom. The molecule has 0 saturated carbocycles. The number of rotatable bonds is 3. The number of carboxylic acids is 2. The van der Waals surface area contributed by atoms with Crippen LogP contribution in [0.2, 0.25) is 0 Å². The van der Waals surface area contributed by atoms with E-state index >= 15 is 0 Å². The van der Waals surface area contributed by atoms with E-state index in [2.05, 4.69) is 0 Å². The maximum absolute atomic E-state index is 10.9. The molecule has 0 amide bonds. The van der Waals surface area contributed by atoms with Gasteiger partial charge in [0.25, 0.3) is 10.1 Å². The molecule has 0 saturated heterocycles. The summed E-state index contributed by atoms with van der Waals surface area (Å²) in [5, 5.41) is 17.3. The summed E-state index contributed by atoms with van der Waals surface area (Å²) in [5.74, 6) is -3.36. The standard InChI is InChI=1S/C8H5O7S.Li/c9-7(10)4-2-1-3-5(8(11)12)6(4)16(13,14)15;/h1-2H,(H,9,10)(H,11,12)(H,13,14,15);/q-1;+1. The summed E-state index contributed by atoms with van der Waals surface area (Å²) in [6, 6.07) is 3.81. The fourth-order valence-electron chi connectivity index (χ4n) is 1.08. The topological polar surface area (TPSA) is 129 Å². The zero-order valence-corrected chi connectivity index (χ0v) is 9.35. The predicted molar refractivity (Wildman–Crippen MR) is 49.0 cm³/mol. The quantitative estimate of drug-likeness (QED) is 0.299. The van der Waals surface area contributed by atoms with E-state index in [4.69, 9.17) is 14.8 Å². The van der Waals surface area contributed by atoms with Gasteiger partial charge >= 0.3 is 24.8 Å². The van der Waals surface area contributed by atoms with Crippen LogP contribution < -0.4 is 18.9 Å². The first kappa shape index (κ1) is 15.7. The van der Waals surface area contributed by atoms with Gasteiger partial charge in [-0.15, -0.1) is 18.2 Å². The number of carbonyl (C=O) groups is 2. The molecule has 0 radical (unpaired) electrons. The van der Waals surface area contributed by atoms with E-state index in [1.807, 2.05) is 6.07 Å². The Bertz CT molecular complexity index is 531. The first-order valence-corrected chi connectivity index (χ1v) is 5.18. The van der Waals surface area contributed by atoms with Crippen LogP contribution >= 0.6 is 0 Å². The van der Waals surface area contributed by atoms with Crippen molar-refractivity contribution in [2.45, 2.75) is 4.90 Å². The molecular formula is C8H5LiO7S. The summed E-state index contributed by atoms with van der Waals surface area (Å²) >= 11 is 0. The van der Waals surface area contributed by atoms with Gasteiger partial charge in [0.15, 0.2) is 0 Å². The summed E-state index contributed by atoms with van der Waals surface area (Å²) in [7, 11) is -4.95. The van der Waals surface area contributed by atoms with Crippen molar-refractivity contribution in [3.8, 4) is 0 Å². The van der Waals surface area contributed by atoms with Crippen LogP contribution in [-0.2, 0) is 10.1 Å². The molecule has 0 aliphatic heterocycles. The largest absolute Gasteiger partial charge is 1.00 e. The Hall–Kier alpha value is -1.33. The number of carboxylic acid groups (broad SMARTS) is 2. The first-order valence-electron chi connectivity index (χ1n) is 3.74.